The van der Waals surface area contributed by atoms with Crippen molar-refractivity contribution < 1.29 is 15.0 Å². The van der Waals surface area contributed by atoms with Crippen molar-refractivity contribution in [2.75, 3.05) is 26.2 Å². The second-order valence-corrected chi connectivity index (χ2v) is 3.49. The summed E-state index contributed by atoms with van der Waals surface area (Å²) in [5.41, 5.74) is -1.25. The van der Waals surface area contributed by atoms with E-state index in [1.807, 2.05) is 13.8 Å². The minimum absolute atomic E-state index is 0.0544. The van der Waals surface area contributed by atoms with Crippen molar-refractivity contribution in [3.63, 3.8) is 0 Å². The number of urea groups is 1. The van der Waals surface area contributed by atoms with Crippen LogP contribution in [0.5, 0.6) is 0 Å². The van der Waals surface area contributed by atoms with Crippen molar-refractivity contribution in [2.24, 2.45) is 0 Å². The van der Waals surface area contributed by atoms with Crippen molar-refractivity contribution in [1.29, 1.82) is 0 Å². The molecule has 0 rings (SSSR count). The van der Waals surface area contributed by atoms with Crippen LogP contribution in [0.2, 0.25) is 0 Å². The second kappa shape index (κ2) is 5.82. The van der Waals surface area contributed by atoms with Gasteiger partial charge in [0.1, 0.15) is 5.60 Å². The third-order valence-electron chi connectivity index (χ3n) is 2.01. The van der Waals surface area contributed by atoms with Gasteiger partial charge in [-0.2, -0.15) is 0 Å². The molecule has 14 heavy (non-hydrogen) atoms. The molecule has 0 spiro atoms. The molecule has 0 saturated carbocycles. The van der Waals surface area contributed by atoms with Crippen LogP contribution in [0.1, 0.15) is 20.8 Å². The first-order chi connectivity index (χ1) is 6.46. The van der Waals surface area contributed by atoms with Gasteiger partial charge >= 0.3 is 6.03 Å². The summed E-state index contributed by atoms with van der Waals surface area (Å²) < 4.78 is 0. The summed E-state index contributed by atoms with van der Waals surface area (Å²) in [5.74, 6) is 0. The fourth-order valence-corrected chi connectivity index (χ4v) is 0.945. The molecule has 0 radical (unpaired) electrons. The molecular formula is C9H20N2O3. The SMILES string of the molecule is CCN(CC)C(=O)NCC(C)(O)CO. The quantitative estimate of drug-likeness (QED) is 0.580. The Balaban J connectivity index is 3.95. The minimum Gasteiger partial charge on any atom is -0.393 e. The first kappa shape index (κ1) is 13.2. The highest BCUT2D eigenvalue weighted by Gasteiger charge is 2.20. The van der Waals surface area contributed by atoms with Crippen LogP contribution >= 0.6 is 0 Å². The molecule has 5 heteroatoms. The fourth-order valence-electron chi connectivity index (χ4n) is 0.945. The number of hydrogen-bond donors (Lipinski definition) is 3. The number of nitrogens with one attached hydrogen (secondary N) is 1. The number of carbonyl (C=O) groups is 1. The van der Waals surface area contributed by atoms with Crippen LogP contribution in [0, 0.1) is 0 Å². The molecule has 1 atom stereocenters. The van der Waals surface area contributed by atoms with Gasteiger partial charge in [-0.25, -0.2) is 4.79 Å². The molecule has 2 amide bonds. The Labute approximate surface area is 84.7 Å². The van der Waals surface area contributed by atoms with Gasteiger partial charge in [0.2, 0.25) is 0 Å². The summed E-state index contributed by atoms with van der Waals surface area (Å²) in [6, 6.07) is -0.219. The number of hydrogen-bond acceptors (Lipinski definition) is 3. The summed E-state index contributed by atoms with van der Waals surface area (Å²) >= 11 is 0. The molecule has 5 nitrogen and oxygen atoms in total. The summed E-state index contributed by atoms with van der Waals surface area (Å²) in [5, 5.41) is 20.7. The largest absolute Gasteiger partial charge is 0.393 e. The molecular weight excluding hydrogens is 184 g/mol. The highest BCUT2D eigenvalue weighted by Crippen LogP contribution is 1.99. The van der Waals surface area contributed by atoms with E-state index >= 15 is 0 Å². The average Bonchev–Trinajstić information content (AvgIpc) is 2.17. The molecule has 0 saturated heterocycles. The topological polar surface area (TPSA) is 72.8 Å². The van der Waals surface area contributed by atoms with Crippen LogP contribution in [0.25, 0.3) is 0 Å². The maximum atomic E-state index is 11.4. The summed E-state index contributed by atoms with van der Waals surface area (Å²) in [6.07, 6.45) is 0. The number of nitrogens with zero attached hydrogens (tertiary/aromatic N) is 1. The van der Waals surface area contributed by atoms with Crippen molar-refractivity contribution in [3.05, 3.63) is 0 Å². The lowest BCUT2D eigenvalue weighted by Crippen LogP contribution is -2.48. The Morgan fingerprint density at radius 2 is 1.93 bits per heavy atom. The summed E-state index contributed by atoms with van der Waals surface area (Å²) in [7, 11) is 0. The zero-order valence-electron chi connectivity index (χ0n) is 9.08. The predicted octanol–water partition coefficient (Wildman–Crippen LogP) is -0.219. The monoisotopic (exact) mass is 204 g/mol. The van der Waals surface area contributed by atoms with Crippen LogP contribution < -0.4 is 5.32 Å². The normalized spacial score (nSPS) is 14.6. The number of aliphatic hydroxyl groups excluding tert-OH is 1. The Bertz CT molecular complexity index is 179. The third-order valence-corrected chi connectivity index (χ3v) is 2.01. The first-order valence-corrected chi connectivity index (χ1v) is 4.82. The fraction of sp³-hybridized carbons (Fsp3) is 0.889. The molecule has 0 aromatic heterocycles. The Hall–Kier alpha value is -0.810. The van der Waals surface area contributed by atoms with E-state index in [1.165, 1.54) is 6.92 Å². The van der Waals surface area contributed by atoms with Crippen LogP contribution in [0.4, 0.5) is 4.79 Å². The van der Waals surface area contributed by atoms with Crippen LogP contribution in [-0.4, -0.2) is 53.0 Å². The van der Waals surface area contributed by atoms with Gasteiger partial charge < -0.3 is 20.4 Å². The zero-order chi connectivity index (χ0) is 11.2. The maximum Gasteiger partial charge on any atom is 0.317 e. The van der Waals surface area contributed by atoms with Crippen molar-refractivity contribution >= 4 is 6.03 Å². The molecule has 0 aromatic carbocycles. The van der Waals surface area contributed by atoms with E-state index in [0.717, 1.165) is 0 Å². The molecule has 0 bridgehead atoms. The molecule has 3 N–H and O–H groups in total. The number of aliphatic hydroxyl groups is 2. The molecule has 84 valence electrons. The third kappa shape index (κ3) is 4.43. The van der Waals surface area contributed by atoms with E-state index in [4.69, 9.17) is 5.11 Å². The van der Waals surface area contributed by atoms with Gasteiger partial charge in [0.15, 0.2) is 0 Å². The molecule has 0 aliphatic carbocycles. The van der Waals surface area contributed by atoms with Crippen LogP contribution in [0.3, 0.4) is 0 Å². The Morgan fingerprint density at radius 3 is 2.29 bits per heavy atom. The van der Waals surface area contributed by atoms with E-state index in [9.17, 15) is 9.90 Å². The first-order valence-electron chi connectivity index (χ1n) is 4.82. The van der Waals surface area contributed by atoms with Gasteiger partial charge in [-0.05, 0) is 20.8 Å². The minimum atomic E-state index is -1.25. The zero-order valence-corrected chi connectivity index (χ0v) is 9.08. The van der Waals surface area contributed by atoms with Gasteiger partial charge in [0.05, 0.1) is 13.2 Å². The van der Waals surface area contributed by atoms with Gasteiger partial charge in [0.25, 0.3) is 0 Å². The maximum absolute atomic E-state index is 11.4. The van der Waals surface area contributed by atoms with Crippen molar-refractivity contribution in [1.82, 2.24) is 10.2 Å². The molecule has 0 heterocycles. The number of carbonyl (C=O) groups excluding carboxylic acids is 1. The van der Waals surface area contributed by atoms with Gasteiger partial charge in [-0.1, -0.05) is 0 Å². The van der Waals surface area contributed by atoms with E-state index < -0.39 is 5.60 Å². The number of amides is 2. The average molecular weight is 204 g/mol. The van der Waals surface area contributed by atoms with Crippen LogP contribution in [-0.2, 0) is 0 Å². The second-order valence-electron chi connectivity index (χ2n) is 3.49. The lowest BCUT2D eigenvalue weighted by atomic mass is 10.1. The van der Waals surface area contributed by atoms with Crippen molar-refractivity contribution in [2.45, 2.75) is 26.4 Å². The lowest BCUT2D eigenvalue weighted by molar-refractivity contribution is 0.00403. The standard InChI is InChI=1S/C9H20N2O3/c1-4-11(5-2)8(13)10-6-9(3,14)7-12/h12,14H,4-7H2,1-3H3,(H,10,13). The summed E-state index contributed by atoms with van der Waals surface area (Å²) in [6.45, 7) is 6.17. The highest BCUT2D eigenvalue weighted by molar-refractivity contribution is 5.74. The highest BCUT2D eigenvalue weighted by atomic mass is 16.3. The predicted molar refractivity (Wildman–Crippen MR) is 54.0 cm³/mol. The lowest BCUT2D eigenvalue weighted by Gasteiger charge is -2.24. The Morgan fingerprint density at radius 1 is 1.43 bits per heavy atom. The number of rotatable bonds is 5. The van der Waals surface area contributed by atoms with E-state index in [-0.39, 0.29) is 19.2 Å². The summed E-state index contributed by atoms with van der Waals surface area (Å²) in [4.78, 5) is 13.0. The van der Waals surface area contributed by atoms with E-state index in [2.05, 4.69) is 5.32 Å². The molecule has 0 aliphatic heterocycles. The molecule has 0 aromatic rings. The Kier molecular flexibility index (Phi) is 5.49. The molecule has 1 unspecified atom stereocenters. The molecule has 0 fully saturated rings. The van der Waals surface area contributed by atoms with Gasteiger partial charge in [0, 0.05) is 13.1 Å². The van der Waals surface area contributed by atoms with Gasteiger partial charge in [-0.15, -0.1) is 0 Å². The van der Waals surface area contributed by atoms with Crippen molar-refractivity contribution in [3.8, 4) is 0 Å². The van der Waals surface area contributed by atoms with E-state index in [0.29, 0.717) is 13.1 Å². The van der Waals surface area contributed by atoms with Gasteiger partial charge in [-0.3, -0.25) is 0 Å². The smallest absolute Gasteiger partial charge is 0.317 e. The van der Waals surface area contributed by atoms with E-state index in [1.54, 1.807) is 4.90 Å². The molecule has 0 aliphatic rings. The van der Waals surface area contributed by atoms with Crippen LogP contribution in [0.15, 0.2) is 0 Å².